The number of benzene rings is 2. The molecular formula is C32H37F2N4O7P. The highest BCUT2D eigenvalue weighted by atomic mass is 31.2. The molecule has 1 N–H and O–H groups in total. The highest BCUT2D eigenvalue weighted by Crippen LogP contribution is 2.61. The van der Waals surface area contributed by atoms with Crippen molar-refractivity contribution in [1.82, 2.24) is 14.9 Å². The zero-order valence-corrected chi connectivity index (χ0v) is 27.0. The molecular weight excluding hydrogens is 621 g/mol. The van der Waals surface area contributed by atoms with E-state index in [0.717, 1.165) is 11.6 Å². The minimum atomic E-state index is -3.52. The fourth-order valence-corrected chi connectivity index (χ4v) is 8.37. The van der Waals surface area contributed by atoms with Crippen molar-refractivity contribution >= 4 is 19.4 Å². The van der Waals surface area contributed by atoms with Crippen LogP contribution in [0.1, 0.15) is 65.1 Å². The first-order chi connectivity index (χ1) is 22.0. The highest BCUT2D eigenvalue weighted by molar-refractivity contribution is 7.54. The molecule has 14 heteroatoms. The summed E-state index contributed by atoms with van der Waals surface area (Å²) in [5, 5.41) is 4.25. The van der Waals surface area contributed by atoms with Gasteiger partial charge in [-0.1, -0.05) is 36.4 Å². The minimum absolute atomic E-state index is 0.0197. The van der Waals surface area contributed by atoms with Gasteiger partial charge in [0.1, 0.15) is 29.5 Å². The van der Waals surface area contributed by atoms with Crippen molar-refractivity contribution in [3.8, 4) is 5.75 Å². The summed E-state index contributed by atoms with van der Waals surface area (Å²) in [6.45, 7) is 3.47. The Balaban J connectivity index is 1.56. The maximum Gasteiger partial charge on any atom is 0.333 e. The summed E-state index contributed by atoms with van der Waals surface area (Å²) in [5.74, 6) is -3.31. The SMILES string of the molecule is CCOP(=O)(OCC)[C@H]1CCC2(C1)N(C)C(=O)c1c(OCc3ccccc3)c(=O)c(C(=O)NCc3ccc(F)cc3F)cn1N2C. The van der Waals surface area contributed by atoms with E-state index < -0.39 is 47.8 Å². The van der Waals surface area contributed by atoms with Gasteiger partial charge in [0.05, 0.1) is 18.9 Å². The van der Waals surface area contributed by atoms with Crippen molar-refractivity contribution in [2.75, 3.05) is 32.3 Å². The molecule has 2 aliphatic rings. The number of rotatable bonds is 11. The third-order valence-electron chi connectivity index (χ3n) is 8.63. The van der Waals surface area contributed by atoms with Crippen molar-refractivity contribution in [3.63, 3.8) is 0 Å². The molecule has 0 bridgehead atoms. The van der Waals surface area contributed by atoms with Crippen LogP contribution in [0.4, 0.5) is 8.78 Å². The molecule has 1 saturated carbocycles. The number of hydrogen-bond acceptors (Lipinski definition) is 8. The van der Waals surface area contributed by atoms with Crippen molar-refractivity contribution in [2.24, 2.45) is 0 Å². The average molecular weight is 659 g/mol. The molecule has 1 unspecified atom stereocenters. The largest absolute Gasteiger partial charge is 0.482 e. The smallest absolute Gasteiger partial charge is 0.333 e. The lowest BCUT2D eigenvalue weighted by molar-refractivity contribution is 0.0398. The molecule has 1 fully saturated rings. The van der Waals surface area contributed by atoms with Crippen LogP contribution in [0.3, 0.4) is 0 Å². The molecule has 2 amide bonds. The van der Waals surface area contributed by atoms with E-state index in [4.69, 9.17) is 13.8 Å². The van der Waals surface area contributed by atoms with Gasteiger partial charge in [-0.3, -0.25) is 28.6 Å². The highest BCUT2D eigenvalue weighted by Gasteiger charge is 2.56. The van der Waals surface area contributed by atoms with Crippen LogP contribution in [0.2, 0.25) is 0 Å². The Bertz CT molecular complexity index is 1730. The molecule has 2 atom stereocenters. The predicted octanol–water partition coefficient (Wildman–Crippen LogP) is 4.80. The Morgan fingerprint density at radius 1 is 1.07 bits per heavy atom. The van der Waals surface area contributed by atoms with Crippen molar-refractivity contribution in [3.05, 3.63) is 99.0 Å². The summed E-state index contributed by atoms with van der Waals surface area (Å²) < 4.78 is 60.1. The van der Waals surface area contributed by atoms with Crippen LogP contribution in [0.15, 0.2) is 59.5 Å². The van der Waals surface area contributed by atoms with E-state index in [0.29, 0.717) is 18.9 Å². The van der Waals surface area contributed by atoms with E-state index in [2.05, 4.69) is 5.32 Å². The topological polar surface area (TPSA) is 119 Å². The van der Waals surface area contributed by atoms with Gasteiger partial charge < -0.3 is 24.0 Å². The molecule has 1 aliphatic heterocycles. The molecule has 246 valence electrons. The summed E-state index contributed by atoms with van der Waals surface area (Å²) in [6, 6.07) is 12.0. The van der Waals surface area contributed by atoms with E-state index in [9.17, 15) is 27.7 Å². The summed E-state index contributed by atoms with van der Waals surface area (Å²) in [4.78, 5) is 42.9. The van der Waals surface area contributed by atoms with E-state index in [1.54, 1.807) is 57.2 Å². The Morgan fingerprint density at radius 2 is 1.76 bits per heavy atom. The Labute approximate surface area is 265 Å². The Hall–Kier alpha value is -4.06. The summed E-state index contributed by atoms with van der Waals surface area (Å²) in [7, 11) is -0.195. The van der Waals surface area contributed by atoms with Crippen LogP contribution in [0.25, 0.3) is 0 Å². The molecule has 0 saturated heterocycles. The number of pyridine rings is 1. The van der Waals surface area contributed by atoms with Crippen molar-refractivity contribution in [2.45, 2.75) is 57.6 Å². The van der Waals surface area contributed by atoms with Gasteiger partial charge in [0, 0.05) is 44.9 Å². The molecule has 2 aromatic carbocycles. The number of carbonyl (C=O) groups is 2. The molecule has 1 aromatic heterocycles. The summed E-state index contributed by atoms with van der Waals surface area (Å²) in [6.07, 6.45) is 2.33. The normalized spacial score (nSPS) is 19.4. The third kappa shape index (κ3) is 6.06. The van der Waals surface area contributed by atoms with Crippen LogP contribution in [-0.2, 0) is 26.8 Å². The van der Waals surface area contributed by atoms with Crippen LogP contribution < -0.4 is 20.5 Å². The number of nitrogens with zero attached hydrogens (tertiary/aromatic N) is 3. The maximum atomic E-state index is 14.3. The number of hydrogen-bond donors (Lipinski definition) is 1. The number of nitrogens with one attached hydrogen (secondary N) is 1. The second-order valence-corrected chi connectivity index (χ2v) is 13.6. The molecule has 46 heavy (non-hydrogen) atoms. The molecule has 1 aliphatic carbocycles. The standard InChI is InChI=1S/C32H37F2N4O7P/c1-5-44-46(42,45-6-2)24-14-15-32(17-24)36(3)31(41)27-29(43-20-21-10-8-7-9-11-21)28(39)25(19-38(27)37(32)4)30(40)35-18-22-12-13-23(33)16-26(22)34/h7-13,16,19,24H,5-6,14-15,17-18,20H2,1-4H3,(H,35,40)/t24-,32?/m0/s1. The molecule has 11 nitrogen and oxygen atoms in total. The lowest BCUT2D eigenvalue weighted by atomic mass is 10.0. The zero-order chi connectivity index (χ0) is 33.2. The number of amides is 2. The van der Waals surface area contributed by atoms with Gasteiger partial charge in [-0.05, 0) is 38.3 Å². The number of aromatic nitrogens is 1. The fraction of sp³-hybridized carbons (Fsp3) is 0.406. The first-order valence-corrected chi connectivity index (χ1v) is 16.7. The minimum Gasteiger partial charge on any atom is -0.482 e. The van der Waals surface area contributed by atoms with Gasteiger partial charge in [-0.25, -0.2) is 8.78 Å². The van der Waals surface area contributed by atoms with Crippen LogP contribution in [-0.4, -0.2) is 60.0 Å². The lowest BCUT2D eigenvalue weighted by Gasteiger charge is -2.51. The first-order valence-electron chi connectivity index (χ1n) is 15.0. The zero-order valence-electron chi connectivity index (χ0n) is 26.1. The molecule has 5 rings (SSSR count). The third-order valence-corrected chi connectivity index (χ3v) is 11.2. The molecule has 2 heterocycles. The first kappa shape index (κ1) is 33.3. The Morgan fingerprint density at radius 3 is 2.41 bits per heavy atom. The number of fused-ring (bicyclic) bond motifs is 1. The quantitative estimate of drug-likeness (QED) is 0.292. The molecule has 0 radical (unpaired) electrons. The van der Waals surface area contributed by atoms with E-state index in [1.165, 1.54) is 21.8 Å². The molecule has 3 aromatic rings. The Kier molecular flexibility index (Phi) is 9.67. The van der Waals surface area contributed by atoms with Gasteiger partial charge in [0.2, 0.25) is 5.43 Å². The van der Waals surface area contributed by atoms with Gasteiger partial charge >= 0.3 is 7.60 Å². The number of halogens is 2. The maximum absolute atomic E-state index is 14.3. The second-order valence-electron chi connectivity index (χ2n) is 11.2. The summed E-state index contributed by atoms with van der Waals surface area (Å²) in [5.41, 5.74) is -2.03. The van der Waals surface area contributed by atoms with Crippen LogP contribution in [0, 0.1) is 11.6 Å². The van der Waals surface area contributed by atoms with Crippen molar-refractivity contribution in [1.29, 1.82) is 0 Å². The van der Waals surface area contributed by atoms with E-state index in [1.807, 2.05) is 6.07 Å². The lowest BCUT2D eigenvalue weighted by Crippen LogP contribution is -2.67. The summed E-state index contributed by atoms with van der Waals surface area (Å²) >= 11 is 0. The molecule has 1 spiro atoms. The van der Waals surface area contributed by atoms with E-state index in [-0.39, 0.29) is 55.4 Å². The number of carbonyl (C=O) groups excluding carboxylic acids is 2. The van der Waals surface area contributed by atoms with Gasteiger partial charge in [-0.2, -0.15) is 0 Å². The van der Waals surface area contributed by atoms with Gasteiger partial charge in [-0.15, -0.1) is 0 Å². The van der Waals surface area contributed by atoms with Crippen molar-refractivity contribution < 1.29 is 36.7 Å². The van der Waals surface area contributed by atoms with Gasteiger partial charge in [0.15, 0.2) is 11.4 Å². The monoisotopic (exact) mass is 658 g/mol. The van der Waals surface area contributed by atoms with E-state index >= 15 is 0 Å². The number of ether oxygens (including phenoxy) is 1. The van der Waals surface area contributed by atoms with Gasteiger partial charge in [0.25, 0.3) is 11.8 Å². The predicted molar refractivity (Wildman–Crippen MR) is 166 cm³/mol. The van der Waals surface area contributed by atoms with Crippen LogP contribution in [0.5, 0.6) is 5.75 Å². The second kappa shape index (κ2) is 13.4. The fourth-order valence-electron chi connectivity index (χ4n) is 6.19. The average Bonchev–Trinajstić information content (AvgIpc) is 3.50. The van der Waals surface area contributed by atoms with Crippen LogP contribution >= 0.6 is 7.60 Å².